The standard InChI is InChI=1S/C13H16ClN3O2S/c1-7(14)12(19)17-5-4-9-10(6-17)20-13(15-9)16-11(18)8-2-3-8/h7-8H,2-6H2,1H3,(H,15,16,18). The van der Waals surface area contributed by atoms with E-state index in [1.165, 1.54) is 11.3 Å². The monoisotopic (exact) mass is 313 g/mol. The average molecular weight is 314 g/mol. The van der Waals surface area contributed by atoms with Crippen molar-refractivity contribution in [3.63, 3.8) is 0 Å². The van der Waals surface area contributed by atoms with Gasteiger partial charge in [-0.05, 0) is 19.8 Å². The van der Waals surface area contributed by atoms with Gasteiger partial charge in [0, 0.05) is 23.8 Å². The highest BCUT2D eigenvalue weighted by Gasteiger charge is 2.31. The number of hydrogen-bond donors (Lipinski definition) is 1. The largest absolute Gasteiger partial charge is 0.336 e. The quantitative estimate of drug-likeness (QED) is 0.868. The van der Waals surface area contributed by atoms with Crippen LogP contribution in [0.25, 0.3) is 0 Å². The maximum atomic E-state index is 11.9. The first-order valence-electron chi connectivity index (χ1n) is 6.77. The van der Waals surface area contributed by atoms with Crippen molar-refractivity contribution >= 4 is 39.9 Å². The molecule has 1 aromatic heterocycles. The number of alkyl halides is 1. The van der Waals surface area contributed by atoms with Gasteiger partial charge in [0.05, 0.1) is 12.2 Å². The highest BCUT2D eigenvalue weighted by molar-refractivity contribution is 7.15. The molecule has 3 rings (SSSR count). The number of aromatic nitrogens is 1. The SMILES string of the molecule is CC(Cl)C(=O)N1CCc2nc(NC(=O)C3CC3)sc2C1. The zero-order chi connectivity index (χ0) is 14.3. The molecule has 0 saturated heterocycles. The molecule has 0 aromatic carbocycles. The summed E-state index contributed by atoms with van der Waals surface area (Å²) < 4.78 is 0. The maximum absolute atomic E-state index is 11.9. The van der Waals surface area contributed by atoms with Gasteiger partial charge < -0.3 is 10.2 Å². The van der Waals surface area contributed by atoms with Crippen LogP contribution in [-0.2, 0) is 22.6 Å². The van der Waals surface area contributed by atoms with Gasteiger partial charge in [-0.2, -0.15) is 0 Å². The van der Waals surface area contributed by atoms with Gasteiger partial charge in [0.25, 0.3) is 0 Å². The fourth-order valence-electron chi connectivity index (χ4n) is 2.24. The first kappa shape index (κ1) is 13.8. The predicted molar refractivity (Wildman–Crippen MR) is 77.9 cm³/mol. The van der Waals surface area contributed by atoms with Gasteiger partial charge in [0.2, 0.25) is 11.8 Å². The molecular formula is C13H16ClN3O2S. The lowest BCUT2D eigenvalue weighted by Gasteiger charge is -2.26. The zero-order valence-electron chi connectivity index (χ0n) is 11.2. The molecule has 0 radical (unpaired) electrons. The van der Waals surface area contributed by atoms with E-state index >= 15 is 0 Å². The summed E-state index contributed by atoms with van der Waals surface area (Å²) in [5.74, 6) is 0.193. The molecule has 20 heavy (non-hydrogen) atoms. The number of fused-ring (bicyclic) bond motifs is 1. The number of carbonyl (C=O) groups is 2. The Morgan fingerprint density at radius 2 is 2.25 bits per heavy atom. The Labute approximate surface area is 126 Å². The van der Waals surface area contributed by atoms with Gasteiger partial charge in [0.1, 0.15) is 5.38 Å². The summed E-state index contributed by atoms with van der Waals surface area (Å²) in [4.78, 5) is 30.9. The molecule has 1 aliphatic heterocycles. The lowest BCUT2D eigenvalue weighted by molar-refractivity contribution is -0.131. The third kappa shape index (κ3) is 2.81. The van der Waals surface area contributed by atoms with Crippen molar-refractivity contribution in [2.75, 3.05) is 11.9 Å². The summed E-state index contributed by atoms with van der Waals surface area (Å²) in [5.41, 5.74) is 0.993. The van der Waals surface area contributed by atoms with Crippen LogP contribution in [0.4, 0.5) is 5.13 Å². The van der Waals surface area contributed by atoms with Crippen molar-refractivity contribution in [3.8, 4) is 0 Å². The number of anilines is 1. The highest BCUT2D eigenvalue weighted by atomic mass is 35.5. The summed E-state index contributed by atoms with van der Waals surface area (Å²) in [6, 6.07) is 0. The summed E-state index contributed by atoms with van der Waals surface area (Å²) in [6.45, 7) is 2.87. The Morgan fingerprint density at radius 3 is 2.90 bits per heavy atom. The third-order valence-corrected chi connectivity index (χ3v) is 4.75. The average Bonchev–Trinajstić information content (AvgIpc) is 3.18. The molecule has 1 atom stereocenters. The van der Waals surface area contributed by atoms with Crippen LogP contribution in [0.5, 0.6) is 0 Å². The number of thiazole rings is 1. The number of carbonyl (C=O) groups excluding carboxylic acids is 2. The first-order valence-corrected chi connectivity index (χ1v) is 8.02. The zero-order valence-corrected chi connectivity index (χ0v) is 12.8. The molecule has 1 N–H and O–H groups in total. The van der Waals surface area contributed by atoms with Crippen LogP contribution in [0.15, 0.2) is 0 Å². The smallest absolute Gasteiger partial charge is 0.240 e. The third-order valence-electron chi connectivity index (χ3n) is 3.56. The minimum atomic E-state index is -0.501. The highest BCUT2D eigenvalue weighted by Crippen LogP contribution is 2.33. The topological polar surface area (TPSA) is 62.3 Å². The van der Waals surface area contributed by atoms with E-state index in [2.05, 4.69) is 10.3 Å². The number of halogens is 1. The molecule has 1 aromatic rings. The normalized spacial score (nSPS) is 19.4. The van der Waals surface area contributed by atoms with E-state index in [0.717, 1.165) is 29.8 Å². The second kappa shape index (κ2) is 5.33. The lowest BCUT2D eigenvalue weighted by atomic mass is 10.1. The molecule has 0 spiro atoms. The van der Waals surface area contributed by atoms with Crippen LogP contribution in [0.1, 0.15) is 30.3 Å². The summed E-state index contributed by atoms with van der Waals surface area (Å²) in [7, 11) is 0. The van der Waals surface area contributed by atoms with E-state index in [-0.39, 0.29) is 17.7 Å². The molecule has 0 bridgehead atoms. The van der Waals surface area contributed by atoms with Crippen molar-refractivity contribution in [1.29, 1.82) is 0 Å². The molecule has 1 saturated carbocycles. The lowest BCUT2D eigenvalue weighted by Crippen LogP contribution is -2.39. The second-order valence-electron chi connectivity index (χ2n) is 5.28. The number of nitrogens with one attached hydrogen (secondary N) is 1. The van der Waals surface area contributed by atoms with Crippen LogP contribution in [0, 0.1) is 5.92 Å². The van der Waals surface area contributed by atoms with Gasteiger partial charge in [-0.3, -0.25) is 9.59 Å². The Morgan fingerprint density at radius 1 is 1.50 bits per heavy atom. The van der Waals surface area contributed by atoms with E-state index < -0.39 is 5.38 Å². The van der Waals surface area contributed by atoms with Crippen LogP contribution in [0.3, 0.4) is 0 Å². The van der Waals surface area contributed by atoms with Gasteiger partial charge >= 0.3 is 0 Å². The minimum absolute atomic E-state index is 0.0470. The van der Waals surface area contributed by atoms with Crippen molar-refractivity contribution in [2.45, 2.75) is 38.1 Å². The van der Waals surface area contributed by atoms with Gasteiger partial charge in [0.15, 0.2) is 5.13 Å². The van der Waals surface area contributed by atoms with Gasteiger partial charge in [-0.25, -0.2) is 4.98 Å². The van der Waals surface area contributed by atoms with Crippen molar-refractivity contribution in [1.82, 2.24) is 9.88 Å². The van der Waals surface area contributed by atoms with E-state index in [1.54, 1.807) is 11.8 Å². The second-order valence-corrected chi connectivity index (χ2v) is 7.02. The number of rotatable bonds is 3. The van der Waals surface area contributed by atoms with Gasteiger partial charge in [-0.15, -0.1) is 11.6 Å². The molecule has 2 amide bonds. The Hall–Kier alpha value is -1.14. The molecule has 2 heterocycles. The molecule has 5 nitrogen and oxygen atoms in total. The van der Waals surface area contributed by atoms with Crippen LogP contribution >= 0.6 is 22.9 Å². The molecule has 108 valence electrons. The van der Waals surface area contributed by atoms with Crippen LogP contribution in [0.2, 0.25) is 0 Å². The number of amides is 2. The van der Waals surface area contributed by atoms with Crippen molar-refractivity contribution in [2.24, 2.45) is 5.92 Å². The van der Waals surface area contributed by atoms with E-state index in [0.29, 0.717) is 18.2 Å². The molecule has 1 unspecified atom stereocenters. The summed E-state index contributed by atoms with van der Waals surface area (Å²) in [5, 5.41) is 3.02. The first-order chi connectivity index (χ1) is 9.54. The molecule has 1 fully saturated rings. The Balaban J connectivity index is 1.69. The summed E-state index contributed by atoms with van der Waals surface area (Å²) >= 11 is 7.31. The molecule has 7 heteroatoms. The number of nitrogens with zero attached hydrogens (tertiary/aromatic N) is 2. The number of hydrogen-bond acceptors (Lipinski definition) is 4. The molecule has 1 aliphatic carbocycles. The van der Waals surface area contributed by atoms with Crippen LogP contribution < -0.4 is 5.32 Å². The Bertz CT molecular complexity index is 554. The fourth-order valence-corrected chi connectivity index (χ4v) is 3.41. The van der Waals surface area contributed by atoms with E-state index in [4.69, 9.17) is 11.6 Å². The fraction of sp³-hybridized carbons (Fsp3) is 0.615. The van der Waals surface area contributed by atoms with E-state index in [1.807, 2.05) is 0 Å². The van der Waals surface area contributed by atoms with Gasteiger partial charge in [-0.1, -0.05) is 11.3 Å². The summed E-state index contributed by atoms with van der Waals surface area (Å²) in [6.07, 6.45) is 2.68. The van der Waals surface area contributed by atoms with Crippen molar-refractivity contribution < 1.29 is 9.59 Å². The predicted octanol–water partition coefficient (Wildman–Crippen LogP) is 2.00. The minimum Gasteiger partial charge on any atom is -0.336 e. The van der Waals surface area contributed by atoms with E-state index in [9.17, 15) is 9.59 Å². The molecule has 2 aliphatic rings. The van der Waals surface area contributed by atoms with Crippen molar-refractivity contribution in [3.05, 3.63) is 10.6 Å². The maximum Gasteiger partial charge on any atom is 0.240 e. The van der Waals surface area contributed by atoms with Crippen LogP contribution in [-0.4, -0.2) is 33.6 Å². The Kier molecular flexibility index (Phi) is 3.69. The molecular weight excluding hydrogens is 298 g/mol.